The van der Waals surface area contributed by atoms with Crippen LogP contribution in [0.3, 0.4) is 0 Å². The second-order valence-electron chi connectivity index (χ2n) is 5.48. The predicted octanol–water partition coefficient (Wildman–Crippen LogP) is 1.55. The summed E-state index contributed by atoms with van der Waals surface area (Å²) in [5.74, 6) is 1.08. The summed E-state index contributed by atoms with van der Waals surface area (Å²) in [4.78, 5) is 18.7. The van der Waals surface area contributed by atoms with Crippen LogP contribution in [0.5, 0.6) is 5.75 Å². The van der Waals surface area contributed by atoms with Gasteiger partial charge in [0.25, 0.3) is 5.91 Å². The van der Waals surface area contributed by atoms with Gasteiger partial charge in [0.2, 0.25) is 0 Å². The maximum Gasteiger partial charge on any atom is 0.276 e. The van der Waals surface area contributed by atoms with Gasteiger partial charge in [-0.25, -0.2) is 4.98 Å². The summed E-state index contributed by atoms with van der Waals surface area (Å²) in [5, 5.41) is 3.17. The van der Waals surface area contributed by atoms with Gasteiger partial charge in [0, 0.05) is 19.3 Å². The first kappa shape index (κ1) is 14.8. The monoisotopic (exact) mass is 277 g/mol. The zero-order chi connectivity index (χ0) is 14.5. The summed E-state index contributed by atoms with van der Waals surface area (Å²) in [5.41, 5.74) is 0.423. The van der Waals surface area contributed by atoms with Crippen LogP contribution >= 0.6 is 0 Å². The minimum Gasteiger partial charge on any atom is -0.489 e. The summed E-state index contributed by atoms with van der Waals surface area (Å²) < 4.78 is 5.68. The molecule has 0 bridgehead atoms. The molecule has 110 valence electrons. The highest BCUT2D eigenvalue weighted by Gasteiger charge is 2.28. The zero-order valence-corrected chi connectivity index (χ0v) is 12.4. The van der Waals surface area contributed by atoms with Gasteiger partial charge in [0.05, 0.1) is 6.10 Å². The molecular formula is C15H23N3O2. The second-order valence-corrected chi connectivity index (χ2v) is 5.48. The Morgan fingerprint density at radius 2 is 2.40 bits per heavy atom. The molecule has 0 saturated carbocycles. The topological polar surface area (TPSA) is 54.5 Å². The van der Waals surface area contributed by atoms with Crippen molar-refractivity contribution < 1.29 is 9.53 Å². The van der Waals surface area contributed by atoms with Gasteiger partial charge in [-0.05, 0) is 51.9 Å². The first-order chi connectivity index (χ1) is 9.61. The molecule has 1 fully saturated rings. The van der Waals surface area contributed by atoms with Crippen molar-refractivity contribution in [2.45, 2.75) is 26.4 Å². The SMILES string of the molecule is CNCC1CCN(C(=O)c2ncccc2OC(C)C)C1. The molecule has 5 nitrogen and oxygen atoms in total. The Hall–Kier alpha value is -1.62. The van der Waals surface area contributed by atoms with Gasteiger partial charge in [-0.2, -0.15) is 0 Å². The fourth-order valence-corrected chi connectivity index (χ4v) is 2.52. The average Bonchev–Trinajstić information content (AvgIpc) is 2.87. The van der Waals surface area contributed by atoms with E-state index in [9.17, 15) is 4.79 Å². The van der Waals surface area contributed by atoms with Crippen LogP contribution in [0.2, 0.25) is 0 Å². The molecule has 1 aromatic heterocycles. The Labute approximate surface area is 120 Å². The van der Waals surface area contributed by atoms with E-state index in [2.05, 4.69) is 10.3 Å². The molecule has 0 aliphatic carbocycles. The highest BCUT2D eigenvalue weighted by molar-refractivity contribution is 5.95. The third-order valence-electron chi connectivity index (χ3n) is 3.40. The van der Waals surface area contributed by atoms with Crippen LogP contribution in [-0.2, 0) is 0 Å². The summed E-state index contributed by atoms with van der Waals surface area (Å²) in [7, 11) is 1.94. The molecule has 1 aliphatic rings. The van der Waals surface area contributed by atoms with E-state index in [0.29, 0.717) is 17.4 Å². The molecule has 0 spiro atoms. The van der Waals surface area contributed by atoms with E-state index < -0.39 is 0 Å². The number of nitrogens with zero attached hydrogens (tertiary/aromatic N) is 2. The summed E-state index contributed by atoms with van der Waals surface area (Å²) in [6.45, 7) is 6.42. The fourth-order valence-electron chi connectivity index (χ4n) is 2.52. The highest BCUT2D eigenvalue weighted by Crippen LogP contribution is 2.23. The van der Waals surface area contributed by atoms with E-state index in [1.807, 2.05) is 25.8 Å². The lowest BCUT2D eigenvalue weighted by atomic mass is 10.1. The first-order valence-electron chi connectivity index (χ1n) is 7.17. The lowest BCUT2D eigenvalue weighted by Gasteiger charge is -2.19. The lowest BCUT2D eigenvalue weighted by Crippen LogP contribution is -2.31. The normalized spacial score (nSPS) is 18.6. The summed E-state index contributed by atoms with van der Waals surface area (Å²) >= 11 is 0. The number of amides is 1. The number of ether oxygens (including phenoxy) is 1. The van der Waals surface area contributed by atoms with Crippen LogP contribution in [0, 0.1) is 5.92 Å². The fraction of sp³-hybridized carbons (Fsp3) is 0.600. The molecule has 2 heterocycles. The van der Waals surface area contributed by atoms with Gasteiger partial charge in [0.1, 0.15) is 0 Å². The van der Waals surface area contributed by atoms with E-state index in [-0.39, 0.29) is 12.0 Å². The Bertz CT molecular complexity index is 462. The van der Waals surface area contributed by atoms with Crippen LogP contribution in [-0.4, -0.2) is 48.6 Å². The number of nitrogens with one attached hydrogen (secondary N) is 1. The van der Waals surface area contributed by atoms with Crippen LogP contribution in [0.15, 0.2) is 18.3 Å². The van der Waals surface area contributed by atoms with Crippen LogP contribution in [0.4, 0.5) is 0 Å². The van der Waals surface area contributed by atoms with E-state index in [1.54, 1.807) is 18.3 Å². The van der Waals surface area contributed by atoms with Gasteiger partial charge in [-0.1, -0.05) is 0 Å². The van der Waals surface area contributed by atoms with E-state index >= 15 is 0 Å². The lowest BCUT2D eigenvalue weighted by molar-refractivity contribution is 0.0774. The third kappa shape index (κ3) is 3.48. The molecule has 1 aliphatic heterocycles. The Morgan fingerprint density at radius 1 is 1.60 bits per heavy atom. The minimum absolute atomic E-state index is 0.0279. The maximum absolute atomic E-state index is 12.6. The molecule has 1 aromatic rings. The Balaban J connectivity index is 2.10. The predicted molar refractivity (Wildman–Crippen MR) is 77.9 cm³/mol. The van der Waals surface area contributed by atoms with Crippen molar-refractivity contribution >= 4 is 5.91 Å². The van der Waals surface area contributed by atoms with Gasteiger partial charge in [-0.15, -0.1) is 0 Å². The molecule has 1 N–H and O–H groups in total. The molecule has 1 saturated heterocycles. The molecule has 0 aromatic carbocycles. The van der Waals surface area contributed by atoms with E-state index in [0.717, 1.165) is 26.1 Å². The molecule has 1 atom stereocenters. The number of carbonyl (C=O) groups excluding carboxylic acids is 1. The van der Waals surface area contributed by atoms with Crippen LogP contribution < -0.4 is 10.1 Å². The second kappa shape index (κ2) is 6.70. The minimum atomic E-state index is -0.0279. The third-order valence-corrected chi connectivity index (χ3v) is 3.40. The largest absolute Gasteiger partial charge is 0.489 e. The standard InChI is InChI=1S/C15H23N3O2/c1-11(2)20-13-5-4-7-17-14(13)15(19)18-8-6-12(10-18)9-16-3/h4-5,7,11-12,16H,6,8-10H2,1-3H3. The van der Waals surface area contributed by atoms with E-state index in [1.165, 1.54) is 0 Å². The van der Waals surface area contributed by atoms with Crippen molar-refractivity contribution in [1.82, 2.24) is 15.2 Å². The molecule has 1 amide bonds. The molecule has 20 heavy (non-hydrogen) atoms. The average molecular weight is 277 g/mol. The molecular weight excluding hydrogens is 254 g/mol. The van der Waals surface area contributed by atoms with Gasteiger partial charge in [0.15, 0.2) is 11.4 Å². The molecule has 0 radical (unpaired) electrons. The van der Waals surface area contributed by atoms with Crippen LogP contribution in [0.1, 0.15) is 30.8 Å². The zero-order valence-electron chi connectivity index (χ0n) is 12.4. The maximum atomic E-state index is 12.6. The van der Waals surface area contributed by atoms with Crippen molar-refractivity contribution in [1.29, 1.82) is 0 Å². The number of rotatable bonds is 5. The molecule has 1 unspecified atom stereocenters. The van der Waals surface area contributed by atoms with Crippen LogP contribution in [0.25, 0.3) is 0 Å². The Morgan fingerprint density at radius 3 is 3.10 bits per heavy atom. The highest BCUT2D eigenvalue weighted by atomic mass is 16.5. The van der Waals surface area contributed by atoms with Gasteiger partial charge >= 0.3 is 0 Å². The van der Waals surface area contributed by atoms with Gasteiger partial charge < -0.3 is 15.0 Å². The number of hydrogen-bond donors (Lipinski definition) is 1. The van der Waals surface area contributed by atoms with E-state index in [4.69, 9.17) is 4.74 Å². The van der Waals surface area contributed by atoms with Crippen molar-refractivity contribution in [2.75, 3.05) is 26.7 Å². The van der Waals surface area contributed by atoms with Crippen molar-refractivity contribution in [3.8, 4) is 5.75 Å². The molecule has 5 heteroatoms. The number of carbonyl (C=O) groups is 1. The van der Waals surface area contributed by atoms with Gasteiger partial charge in [-0.3, -0.25) is 4.79 Å². The number of hydrogen-bond acceptors (Lipinski definition) is 4. The number of pyridine rings is 1. The van der Waals surface area contributed by atoms with Crippen molar-refractivity contribution in [2.24, 2.45) is 5.92 Å². The first-order valence-corrected chi connectivity index (χ1v) is 7.17. The van der Waals surface area contributed by atoms with Crippen molar-refractivity contribution in [3.05, 3.63) is 24.0 Å². The molecule has 2 rings (SSSR count). The Kier molecular flexibility index (Phi) is 4.95. The quantitative estimate of drug-likeness (QED) is 0.887. The summed E-state index contributed by atoms with van der Waals surface area (Å²) in [6, 6.07) is 3.60. The number of likely N-dealkylation sites (tertiary alicyclic amines) is 1. The number of aromatic nitrogens is 1. The van der Waals surface area contributed by atoms with Crippen molar-refractivity contribution in [3.63, 3.8) is 0 Å². The summed E-state index contributed by atoms with van der Waals surface area (Å²) in [6.07, 6.45) is 2.71. The smallest absolute Gasteiger partial charge is 0.276 e.